The molecular weight excluding hydrogens is 1790 g/mol. The summed E-state index contributed by atoms with van der Waals surface area (Å²) in [5.74, 6) is 0.266. The van der Waals surface area contributed by atoms with Crippen LogP contribution >= 0.6 is 12.4 Å². The number of carbonyl (C=O) groups excluding carboxylic acids is 4. The topological polar surface area (TPSA) is 454 Å². The lowest BCUT2D eigenvalue weighted by atomic mass is 9.66. The molecule has 0 spiro atoms. The molecule has 19 rings (SSSR count). The van der Waals surface area contributed by atoms with Gasteiger partial charge in [-0.3, -0.25) is 29.5 Å². The van der Waals surface area contributed by atoms with Crippen LogP contribution in [-0.4, -0.2) is 216 Å². The van der Waals surface area contributed by atoms with Crippen LogP contribution in [0.3, 0.4) is 0 Å². The number of nitrogens with zero attached hydrogens (tertiary/aromatic N) is 8. The molecule has 4 fully saturated rings. The number of halogens is 1. The average Bonchev–Trinajstić information content (AvgIpc) is 1.51. The maximum Gasteiger partial charge on any atom is 0.514 e. The summed E-state index contributed by atoms with van der Waals surface area (Å²) in [7, 11) is 9.10. The van der Waals surface area contributed by atoms with E-state index in [0.29, 0.717) is 152 Å². The molecule has 6 aliphatic heterocycles. The molecule has 0 radical (unpaired) electrons. The van der Waals surface area contributed by atoms with Crippen LogP contribution in [0.2, 0.25) is 0 Å². The summed E-state index contributed by atoms with van der Waals surface area (Å²) in [5.41, 5.74) is 8.45. The van der Waals surface area contributed by atoms with Crippen molar-refractivity contribution in [3.63, 3.8) is 0 Å². The lowest BCUT2D eigenvalue weighted by Gasteiger charge is -2.40. The Morgan fingerprint density at radius 3 is 1.26 bits per heavy atom. The first kappa shape index (κ1) is 95.7. The summed E-state index contributed by atoms with van der Waals surface area (Å²) in [4.78, 5) is 96.1. The minimum absolute atomic E-state index is 0. The number of non-ortho nitro benzene ring substituents is 1. The van der Waals surface area contributed by atoms with E-state index in [-0.39, 0.29) is 98.7 Å². The fourth-order valence-electron chi connectivity index (χ4n) is 18.8. The first-order valence-electron chi connectivity index (χ1n) is 43.4. The zero-order valence-electron chi connectivity index (χ0n) is 75.2. The highest BCUT2D eigenvalue weighted by Crippen LogP contribution is 2.60. The van der Waals surface area contributed by atoms with Gasteiger partial charge in [0.1, 0.15) is 41.0 Å². The number of aromatic nitrogens is 6. The zero-order valence-corrected chi connectivity index (χ0v) is 76.0. The molecule has 716 valence electrons. The Morgan fingerprint density at radius 1 is 0.485 bits per heavy atom. The molecule has 2 aliphatic carbocycles. The van der Waals surface area contributed by atoms with Gasteiger partial charge < -0.3 is 102 Å². The molecule has 0 unspecified atom stereocenters. The van der Waals surface area contributed by atoms with E-state index in [1.807, 2.05) is 100 Å². The number of carbonyl (C=O) groups is 4. The summed E-state index contributed by atoms with van der Waals surface area (Å²) in [6.07, 6.45) is -3.30. The van der Waals surface area contributed by atoms with Crippen LogP contribution < -0.4 is 68.8 Å². The molecule has 8 atom stereocenters. The zero-order chi connectivity index (χ0) is 94.2. The molecule has 9 aromatic carbocycles. The lowest BCUT2D eigenvalue weighted by Crippen LogP contribution is -2.49. The Bertz CT molecular complexity index is 6380. The van der Waals surface area contributed by atoms with E-state index >= 15 is 0 Å². The number of amides is 1. The summed E-state index contributed by atoms with van der Waals surface area (Å²) in [6, 6.07) is 40.5. The molecule has 0 saturated carbocycles. The van der Waals surface area contributed by atoms with E-state index in [1.54, 1.807) is 41.3 Å². The highest BCUT2D eigenvalue weighted by Gasteiger charge is 2.57. The number of fused-ring (bicyclic) bond motifs is 6. The maximum atomic E-state index is 14.0. The SMILES string of the molecule is C.CC(C)c1cc(-c2n[nH]c(=O)n2-c2ccc(CN3CCNCC3)cc2)c(O)cc1O.COc1cc([C@@H]2c3cc4c(cc3[C@@H](OC(=O)Oc3ccc([N+](=O)[O-])cc3)[C@H]3COC(=O)[C@H]23)OCO4)cc(OC)c1OC.COc1cc([C@@H]2c3cc4c(cc3[C@H](OC(=O)N3CCN(Cc5ccc(-n6c(-c7cc(C(C)C)c(O)cc7O)n[nH]c6=O)cc5)CC3)[C@H]3COC(=O)[C@H]23)OCO4)cc(OC)c1OC.Cl. The third-order valence-corrected chi connectivity index (χ3v) is 25.4. The molecule has 136 heavy (non-hydrogen) atoms. The maximum absolute atomic E-state index is 14.0. The van der Waals surface area contributed by atoms with Gasteiger partial charge in [0, 0.05) is 125 Å². The summed E-state index contributed by atoms with van der Waals surface area (Å²) in [5, 5.41) is 69.2. The number of phenolic OH excluding ortho intramolecular Hbond substituents is 4. The minimum Gasteiger partial charge on any atom is -0.508 e. The van der Waals surface area contributed by atoms with Crippen molar-refractivity contribution >= 4 is 42.3 Å². The molecule has 4 saturated heterocycles. The average molecular weight is 1890 g/mol. The van der Waals surface area contributed by atoms with Crippen LogP contribution in [-0.2, 0) is 41.6 Å². The van der Waals surface area contributed by atoms with Gasteiger partial charge in [-0.1, -0.05) is 59.4 Å². The van der Waals surface area contributed by atoms with Gasteiger partial charge >= 0.3 is 35.6 Å². The molecule has 2 aromatic heterocycles. The summed E-state index contributed by atoms with van der Waals surface area (Å²) >= 11 is 0. The molecule has 38 nitrogen and oxygen atoms in total. The number of rotatable bonds is 22. The number of H-pyrrole nitrogens is 2. The van der Waals surface area contributed by atoms with Crippen LogP contribution in [0.25, 0.3) is 34.2 Å². The third kappa shape index (κ3) is 18.8. The van der Waals surface area contributed by atoms with Gasteiger partial charge in [-0.05, 0) is 153 Å². The highest BCUT2D eigenvalue weighted by molar-refractivity contribution is 5.85. The number of hydrogen-bond donors (Lipinski definition) is 7. The van der Waals surface area contributed by atoms with Crippen LogP contribution in [0.1, 0.15) is 127 Å². The van der Waals surface area contributed by atoms with Crippen molar-refractivity contribution in [1.29, 1.82) is 0 Å². The summed E-state index contributed by atoms with van der Waals surface area (Å²) in [6.45, 7) is 15.3. The second-order valence-corrected chi connectivity index (χ2v) is 33.8. The number of nitro groups is 1. The number of cyclic esters (lactones) is 2. The predicted molar refractivity (Wildman–Crippen MR) is 492 cm³/mol. The van der Waals surface area contributed by atoms with E-state index in [1.165, 1.54) is 93.8 Å². The smallest absolute Gasteiger partial charge is 0.508 e. The number of piperazine rings is 2. The Hall–Kier alpha value is -14.9. The second kappa shape index (κ2) is 40.5. The Labute approximate surface area is 785 Å². The van der Waals surface area contributed by atoms with E-state index in [9.17, 15) is 59.3 Å². The fraction of sp³-hybridized carbons (Fsp3) is 0.361. The van der Waals surface area contributed by atoms with Gasteiger partial charge in [-0.15, -0.1) is 12.4 Å². The first-order chi connectivity index (χ1) is 64.7. The molecule has 39 heteroatoms. The van der Waals surface area contributed by atoms with Gasteiger partial charge in [0.25, 0.3) is 5.69 Å². The lowest BCUT2D eigenvalue weighted by molar-refractivity contribution is -0.384. The van der Waals surface area contributed by atoms with Gasteiger partial charge in [-0.2, -0.15) is 10.2 Å². The molecule has 8 aliphatic rings. The van der Waals surface area contributed by atoms with E-state index < -0.39 is 88.2 Å². The van der Waals surface area contributed by atoms with Crippen molar-refractivity contribution in [2.24, 2.45) is 23.7 Å². The van der Waals surface area contributed by atoms with Crippen LogP contribution in [0.4, 0.5) is 15.3 Å². The summed E-state index contributed by atoms with van der Waals surface area (Å²) < 4.78 is 88.0. The van der Waals surface area contributed by atoms with Gasteiger partial charge in [-0.25, -0.2) is 38.5 Å². The number of nitrogens with one attached hydrogen (secondary N) is 3. The molecule has 1 amide bonds. The van der Waals surface area contributed by atoms with Crippen molar-refractivity contribution in [1.82, 2.24) is 49.5 Å². The van der Waals surface area contributed by atoms with Crippen LogP contribution in [0.15, 0.2) is 155 Å². The van der Waals surface area contributed by atoms with Gasteiger partial charge in [0.2, 0.25) is 25.1 Å². The Morgan fingerprint density at radius 2 is 0.875 bits per heavy atom. The number of phenols is 4. The molecule has 0 bridgehead atoms. The number of nitro benzene ring substituents is 1. The Kier molecular flexibility index (Phi) is 28.5. The van der Waals surface area contributed by atoms with Crippen molar-refractivity contribution in [2.45, 2.75) is 84.1 Å². The van der Waals surface area contributed by atoms with E-state index in [0.717, 1.165) is 49.4 Å². The molecule has 7 N–H and O–H groups in total. The number of hydrogen-bond acceptors (Lipinski definition) is 32. The van der Waals surface area contributed by atoms with Crippen molar-refractivity contribution in [3.05, 3.63) is 232 Å². The van der Waals surface area contributed by atoms with Crippen molar-refractivity contribution < 1.29 is 116 Å². The second-order valence-electron chi connectivity index (χ2n) is 33.8. The molecular formula is C97H104ClN11O27. The fourth-order valence-corrected chi connectivity index (χ4v) is 18.8. The number of aromatic hydroxyl groups is 4. The van der Waals surface area contributed by atoms with Crippen molar-refractivity contribution in [2.75, 3.05) is 122 Å². The number of esters is 2. The van der Waals surface area contributed by atoms with Gasteiger partial charge in [0.15, 0.2) is 57.6 Å². The monoisotopic (exact) mass is 1890 g/mol. The van der Waals surface area contributed by atoms with Crippen LogP contribution in [0.5, 0.6) is 86.2 Å². The number of benzene rings is 9. The highest BCUT2D eigenvalue weighted by atomic mass is 35.5. The quantitative estimate of drug-likeness (QED) is 0.0109. The predicted octanol–water partition coefficient (Wildman–Crippen LogP) is 13.2. The first-order valence-corrected chi connectivity index (χ1v) is 43.4. The molecule has 8 heterocycles. The largest absolute Gasteiger partial charge is 0.514 e. The number of aromatic amines is 2. The number of methoxy groups -OCH3 is 6. The molecule has 11 aromatic rings. The van der Waals surface area contributed by atoms with Crippen LogP contribution in [0, 0.1) is 33.8 Å². The standard InChI is InChI=1S/C45H47N5O12.C29H25NO12.C22H27N5O3.CH4.ClH/c1-23(2)27-16-30(33(52)19-32(27)51)42-46-47-44(54)50(42)26-8-6-24(7-9-26)20-48-10-12-49(13-11-48)45(55)62-40-29-18-35-34(60-22-61-35)17-28(29)38(39-31(40)21-59-43(39)53)25-14-36(56-3)41(58-5)37(15-25)57-4;1-35-22-8-14(9-23(36-2)27(22)37-3)24-17-10-20-21(40-13-39-20)11-18(17)26(19-12-38-28(31)25(19)24)42-29(32)41-16-6-4-15(5-7-16)30(33)34;1-14(2)17-11-18(20(29)12-19(17)28)21-24-25-22(30)27(21)16-5-3-15(4-6-16)13-26-9-7-23-8-10-26;;/h6-9,14-19,23,31,38-40,51-52H,10-13,20-22H2,1-5H3,(H,47,54);4-11,19,24-26H,12-13H2,1-3H3;3-6,11-12,14,23,28-29H,7-10,13H2,1-2H3,(H,25,30);1H4;1H/t31-,38+,39-,40-;19-,24+,25-,26+;;;/m00.../s1. The third-order valence-electron chi connectivity index (χ3n) is 25.4. The Balaban J connectivity index is 0.000000165. The minimum atomic E-state index is -1.05. The van der Waals surface area contributed by atoms with E-state index in [4.69, 9.17) is 71.1 Å². The normalized spacial score (nSPS) is 19.2. The van der Waals surface area contributed by atoms with Gasteiger partial charge in [0.05, 0.1) is 95.1 Å². The van der Waals surface area contributed by atoms with E-state index in [2.05, 4.69) is 35.5 Å². The number of ether oxygens (including phenoxy) is 15. The van der Waals surface area contributed by atoms with Crippen molar-refractivity contribution in [3.8, 4) is 120 Å².